The largest absolute Gasteiger partial charge is 0.330 e. The minimum Gasteiger partial charge on any atom is -0.330 e. The van der Waals surface area contributed by atoms with Crippen LogP contribution in [0.25, 0.3) is 0 Å². The Morgan fingerprint density at radius 3 is 2.47 bits per heavy atom. The second-order valence-corrected chi connectivity index (χ2v) is 4.26. The van der Waals surface area contributed by atoms with Gasteiger partial charge in [0.05, 0.1) is 0 Å². The summed E-state index contributed by atoms with van der Waals surface area (Å²) in [6, 6.07) is 8.03. The number of benzene rings is 1. The van der Waals surface area contributed by atoms with Gasteiger partial charge < -0.3 is 10.6 Å². The van der Waals surface area contributed by atoms with Crippen molar-refractivity contribution in [1.29, 1.82) is 0 Å². The molecule has 1 rings (SSSR count). The summed E-state index contributed by atoms with van der Waals surface area (Å²) < 4.78 is 0. The molecular weight excluding hydrogens is 212 g/mol. The highest BCUT2D eigenvalue weighted by Crippen LogP contribution is 2.15. The van der Waals surface area contributed by atoms with E-state index in [-0.39, 0.29) is 5.91 Å². The molecular formula is C14H22N2O. The second kappa shape index (κ2) is 7.07. The molecule has 0 saturated heterocycles. The molecule has 0 aliphatic carbocycles. The van der Waals surface area contributed by atoms with Crippen molar-refractivity contribution in [3.8, 4) is 0 Å². The smallest absolute Gasteiger partial charge is 0.226 e. The molecule has 17 heavy (non-hydrogen) atoms. The first-order chi connectivity index (χ1) is 8.19. The van der Waals surface area contributed by atoms with Gasteiger partial charge in [0.25, 0.3) is 0 Å². The number of hydrogen-bond acceptors (Lipinski definition) is 2. The maximum atomic E-state index is 11.8. The third-order valence-electron chi connectivity index (χ3n) is 2.87. The molecule has 0 heterocycles. The van der Waals surface area contributed by atoms with E-state index in [1.165, 1.54) is 5.56 Å². The number of amides is 1. The van der Waals surface area contributed by atoms with Gasteiger partial charge in [-0.2, -0.15) is 0 Å². The molecule has 2 N–H and O–H groups in total. The van der Waals surface area contributed by atoms with Crippen LogP contribution in [0.2, 0.25) is 0 Å². The Morgan fingerprint density at radius 1 is 1.29 bits per heavy atom. The summed E-state index contributed by atoms with van der Waals surface area (Å²) >= 11 is 0. The molecule has 0 aliphatic heterocycles. The summed E-state index contributed by atoms with van der Waals surface area (Å²) in [6.07, 6.45) is 3.51. The zero-order chi connectivity index (χ0) is 12.7. The van der Waals surface area contributed by atoms with E-state index in [0.717, 1.165) is 24.9 Å². The third-order valence-corrected chi connectivity index (χ3v) is 2.87. The lowest BCUT2D eigenvalue weighted by molar-refractivity contribution is -0.118. The van der Waals surface area contributed by atoms with Crippen molar-refractivity contribution >= 4 is 11.6 Å². The average Bonchev–Trinajstić information content (AvgIpc) is 2.36. The fraction of sp³-hybridized carbons (Fsp3) is 0.500. The quantitative estimate of drug-likeness (QED) is 0.821. The molecule has 94 valence electrons. The van der Waals surface area contributed by atoms with Gasteiger partial charge in [-0.05, 0) is 37.1 Å². The van der Waals surface area contributed by atoms with Gasteiger partial charge in [-0.1, -0.05) is 25.5 Å². The summed E-state index contributed by atoms with van der Waals surface area (Å²) in [5.74, 6) is 0.179. The second-order valence-electron chi connectivity index (χ2n) is 4.26. The van der Waals surface area contributed by atoms with Crippen molar-refractivity contribution in [2.75, 3.05) is 18.5 Å². The normalized spacial score (nSPS) is 10.3. The van der Waals surface area contributed by atoms with Crippen LogP contribution < -0.4 is 10.6 Å². The lowest BCUT2D eigenvalue weighted by atomic mass is 10.1. The van der Waals surface area contributed by atoms with E-state index in [2.05, 4.69) is 6.92 Å². The maximum Gasteiger partial charge on any atom is 0.226 e. The van der Waals surface area contributed by atoms with Crippen LogP contribution in [0.15, 0.2) is 24.3 Å². The number of unbranched alkanes of at least 4 members (excludes halogenated alkanes) is 1. The van der Waals surface area contributed by atoms with Crippen LogP contribution in [0.1, 0.15) is 31.7 Å². The predicted octanol–water partition coefficient (Wildman–Crippen LogP) is 2.34. The predicted molar refractivity (Wildman–Crippen MR) is 72.1 cm³/mol. The Labute approximate surface area is 104 Å². The molecule has 0 fully saturated rings. The van der Waals surface area contributed by atoms with Crippen LogP contribution in [0.3, 0.4) is 0 Å². The minimum atomic E-state index is 0.179. The van der Waals surface area contributed by atoms with Gasteiger partial charge in [-0.25, -0.2) is 0 Å². The average molecular weight is 234 g/mol. The summed E-state index contributed by atoms with van der Waals surface area (Å²) in [5, 5.41) is 0. The molecule has 1 aromatic carbocycles. The zero-order valence-electron chi connectivity index (χ0n) is 10.8. The number of anilines is 1. The van der Waals surface area contributed by atoms with Crippen molar-refractivity contribution in [2.24, 2.45) is 5.73 Å². The molecule has 0 spiro atoms. The molecule has 3 nitrogen and oxygen atoms in total. The highest BCUT2D eigenvalue weighted by molar-refractivity contribution is 5.92. The number of rotatable bonds is 6. The summed E-state index contributed by atoms with van der Waals surface area (Å²) in [4.78, 5) is 13.5. The van der Waals surface area contributed by atoms with Gasteiger partial charge in [-0.15, -0.1) is 0 Å². The molecule has 1 aromatic rings. The number of carbonyl (C=O) groups is 1. The lowest BCUT2D eigenvalue weighted by Gasteiger charge is -2.17. The molecule has 0 radical (unpaired) electrons. The van der Waals surface area contributed by atoms with Gasteiger partial charge in [0, 0.05) is 19.2 Å². The summed E-state index contributed by atoms with van der Waals surface area (Å²) in [7, 11) is 1.83. The van der Waals surface area contributed by atoms with E-state index in [4.69, 9.17) is 5.73 Å². The molecule has 0 unspecified atom stereocenters. The Hall–Kier alpha value is -1.35. The van der Waals surface area contributed by atoms with Crippen molar-refractivity contribution in [3.05, 3.63) is 29.8 Å². The maximum absolute atomic E-state index is 11.8. The first-order valence-corrected chi connectivity index (χ1v) is 6.24. The van der Waals surface area contributed by atoms with Gasteiger partial charge in [0.15, 0.2) is 0 Å². The van der Waals surface area contributed by atoms with Crippen LogP contribution in [0, 0.1) is 0 Å². The fourth-order valence-electron chi connectivity index (χ4n) is 1.69. The standard InChI is InChI=1S/C14H22N2O/c1-3-4-5-14(17)16(2)13-8-6-12(7-9-13)10-11-15/h6-9H,3-5,10-11,15H2,1-2H3. The first-order valence-electron chi connectivity index (χ1n) is 6.24. The van der Waals surface area contributed by atoms with Gasteiger partial charge in [0.1, 0.15) is 0 Å². The Morgan fingerprint density at radius 2 is 1.94 bits per heavy atom. The number of hydrogen-bond donors (Lipinski definition) is 1. The summed E-state index contributed by atoms with van der Waals surface area (Å²) in [6.45, 7) is 2.75. The van der Waals surface area contributed by atoms with Gasteiger partial charge in [-0.3, -0.25) is 4.79 Å². The van der Waals surface area contributed by atoms with Crippen LogP contribution in [0.4, 0.5) is 5.69 Å². The molecule has 0 aliphatic rings. The third kappa shape index (κ3) is 4.19. The highest BCUT2D eigenvalue weighted by atomic mass is 16.2. The van der Waals surface area contributed by atoms with Crippen molar-refractivity contribution < 1.29 is 4.79 Å². The molecule has 3 heteroatoms. The topological polar surface area (TPSA) is 46.3 Å². The highest BCUT2D eigenvalue weighted by Gasteiger charge is 2.09. The van der Waals surface area contributed by atoms with Crippen LogP contribution in [-0.4, -0.2) is 19.5 Å². The Bertz CT molecular complexity index is 346. The molecule has 0 aromatic heterocycles. The first kappa shape index (κ1) is 13.7. The molecule has 0 atom stereocenters. The van der Waals surface area contributed by atoms with E-state index in [1.54, 1.807) is 4.90 Å². The fourth-order valence-corrected chi connectivity index (χ4v) is 1.69. The molecule has 0 saturated carbocycles. The van der Waals surface area contributed by atoms with Crippen LogP contribution in [-0.2, 0) is 11.2 Å². The van der Waals surface area contributed by atoms with E-state index in [0.29, 0.717) is 13.0 Å². The monoisotopic (exact) mass is 234 g/mol. The molecule has 1 amide bonds. The van der Waals surface area contributed by atoms with E-state index in [1.807, 2.05) is 31.3 Å². The van der Waals surface area contributed by atoms with Crippen molar-refractivity contribution in [3.63, 3.8) is 0 Å². The van der Waals surface area contributed by atoms with Crippen LogP contribution >= 0.6 is 0 Å². The number of nitrogens with zero attached hydrogens (tertiary/aromatic N) is 1. The van der Waals surface area contributed by atoms with Gasteiger partial charge >= 0.3 is 0 Å². The van der Waals surface area contributed by atoms with E-state index < -0.39 is 0 Å². The zero-order valence-corrected chi connectivity index (χ0v) is 10.8. The Balaban J connectivity index is 2.62. The lowest BCUT2D eigenvalue weighted by Crippen LogP contribution is -2.25. The van der Waals surface area contributed by atoms with E-state index in [9.17, 15) is 4.79 Å². The van der Waals surface area contributed by atoms with E-state index >= 15 is 0 Å². The summed E-state index contributed by atoms with van der Waals surface area (Å²) in [5.41, 5.74) is 7.66. The van der Waals surface area contributed by atoms with Crippen molar-refractivity contribution in [2.45, 2.75) is 32.6 Å². The number of carbonyl (C=O) groups excluding carboxylic acids is 1. The van der Waals surface area contributed by atoms with Crippen molar-refractivity contribution in [1.82, 2.24) is 0 Å². The van der Waals surface area contributed by atoms with Crippen LogP contribution in [0.5, 0.6) is 0 Å². The molecule has 0 bridgehead atoms. The minimum absolute atomic E-state index is 0.179. The number of nitrogens with two attached hydrogens (primary N) is 1. The van der Waals surface area contributed by atoms with Gasteiger partial charge in [0.2, 0.25) is 5.91 Å². The SMILES string of the molecule is CCCCC(=O)N(C)c1ccc(CCN)cc1. The Kier molecular flexibility index (Phi) is 5.70.